The first-order valence-electron chi connectivity index (χ1n) is 8.78. The van der Waals surface area contributed by atoms with Crippen LogP contribution in [0, 0.1) is 0 Å². The summed E-state index contributed by atoms with van der Waals surface area (Å²) in [5, 5.41) is 9.75. The smallest absolute Gasteiger partial charge is 0.379 e. The lowest BCUT2D eigenvalue weighted by Gasteiger charge is -2.34. The number of hydrogen-bond acceptors (Lipinski definition) is 6. The van der Waals surface area contributed by atoms with Gasteiger partial charge < -0.3 is 15.4 Å². The number of rotatable bonds is 6. The summed E-state index contributed by atoms with van der Waals surface area (Å²) < 4.78 is 43.4. The normalized spacial score (nSPS) is 16.9. The maximum absolute atomic E-state index is 12.7. The molecule has 0 radical (unpaired) electrons. The summed E-state index contributed by atoms with van der Waals surface area (Å²) in [7, 11) is 1.63. The van der Waals surface area contributed by atoms with Crippen LogP contribution in [0.3, 0.4) is 0 Å². The second-order valence-corrected chi connectivity index (χ2v) is 8.03. The molecule has 0 saturated carbocycles. The van der Waals surface area contributed by atoms with E-state index in [4.69, 9.17) is 4.74 Å². The molecule has 1 saturated heterocycles. The Morgan fingerprint density at radius 2 is 2.07 bits per heavy atom. The van der Waals surface area contributed by atoms with Gasteiger partial charge in [0, 0.05) is 36.9 Å². The lowest BCUT2D eigenvalue weighted by Crippen LogP contribution is -2.46. The second-order valence-electron chi connectivity index (χ2n) is 6.11. The average Bonchev–Trinajstić information content (AvgIpc) is 3.37. The molecule has 0 amide bonds. The second kappa shape index (κ2) is 11.4. The van der Waals surface area contributed by atoms with Crippen LogP contribution in [0.2, 0.25) is 0 Å². The molecule has 3 heterocycles. The van der Waals surface area contributed by atoms with Crippen molar-refractivity contribution < 1.29 is 17.9 Å². The molecule has 3 rings (SSSR count). The van der Waals surface area contributed by atoms with E-state index in [-0.39, 0.29) is 36.6 Å². The molecule has 0 bridgehead atoms. The third-order valence-electron chi connectivity index (χ3n) is 4.29. The van der Waals surface area contributed by atoms with E-state index >= 15 is 0 Å². The highest BCUT2D eigenvalue weighted by atomic mass is 127. The van der Waals surface area contributed by atoms with Crippen molar-refractivity contribution in [2.75, 3.05) is 39.9 Å². The molecule has 0 spiro atoms. The number of guanidine groups is 1. The molecule has 29 heavy (non-hydrogen) atoms. The van der Waals surface area contributed by atoms with E-state index in [1.54, 1.807) is 18.4 Å². The zero-order valence-electron chi connectivity index (χ0n) is 15.7. The van der Waals surface area contributed by atoms with Gasteiger partial charge in [0.25, 0.3) is 0 Å². The molecule has 1 aliphatic rings. The third-order valence-corrected chi connectivity index (χ3v) is 6.12. The van der Waals surface area contributed by atoms with E-state index in [9.17, 15) is 13.2 Å². The van der Waals surface area contributed by atoms with Crippen LogP contribution in [-0.4, -0.2) is 55.7 Å². The fraction of sp³-hybridized carbons (Fsp3) is 0.529. The molecule has 2 aromatic heterocycles. The summed E-state index contributed by atoms with van der Waals surface area (Å²) in [4.78, 5) is 11.4. The Hall–Kier alpha value is -0.960. The number of aliphatic imine (C=N–C) groups is 1. The molecular formula is C17H23F3IN5OS2. The Morgan fingerprint density at radius 3 is 2.66 bits per heavy atom. The van der Waals surface area contributed by atoms with Crippen LogP contribution in [0.1, 0.15) is 21.6 Å². The molecule has 2 aromatic rings. The van der Waals surface area contributed by atoms with Gasteiger partial charge in [-0.05, 0) is 11.4 Å². The molecule has 6 nitrogen and oxygen atoms in total. The zero-order chi connectivity index (χ0) is 20.0. The van der Waals surface area contributed by atoms with Gasteiger partial charge in [0.2, 0.25) is 0 Å². The van der Waals surface area contributed by atoms with Gasteiger partial charge in [0.05, 0.1) is 25.8 Å². The SMILES string of the molecule is CN=C(NCc1nc(C(F)(F)F)cs1)NCC(c1cccs1)N1CCOCC1.I. The number of morpholine rings is 1. The van der Waals surface area contributed by atoms with E-state index in [1.807, 2.05) is 6.07 Å². The molecule has 162 valence electrons. The molecule has 0 aromatic carbocycles. The Morgan fingerprint density at radius 1 is 1.31 bits per heavy atom. The number of halogens is 4. The number of nitrogens with one attached hydrogen (secondary N) is 2. The van der Waals surface area contributed by atoms with E-state index in [1.165, 1.54) is 4.88 Å². The summed E-state index contributed by atoms with van der Waals surface area (Å²) >= 11 is 2.68. The van der Waals surface area contributed by atoms with Crippen molar-refractivity contribution >= 4 is 52.6 Å². The minimum atomic E-state index is -4.42. The highest BCUT2D eigenvalue weighted by molar-refractivity contribution is 14.0. The van der Waals surface area contributed by atoms with Crippen molar-refractivity contribution in [3.05, 3.63) is 38.5 Å². The summed E-state index contributed by atoms with van der Waals surface area (Å²) in [6.07, 6.45) is -4.42. The first-order valence-corrected chi connectivity index (χ1v) is 10.5. The van der Waals surface area contributed by atoms with Crippen LogP contribution >= 0.6 is 46.7 Å². The molecule has 1 fully saturated rings. The largest absolute Gasteiger partial charge is 0.434 e. The van der Waals surface area contributed by atoms with Gasteiger partial charge in [0.1, 0.15) is 5.01 Å². The minimum Gasteiger partial charge on any atom is -0.379 e. The number of alkyl halides is 3. The van der Waals surface area contributed by atoms with Crippen LogP contribution in [0.4, 0.5) is 13.2 Å². The topological polar surface area (TPSA) is 61.8 Å². The lowest BCUT2D eigenvalue weighted by molar-refractivity contribution is -0.140. The summed E-state index contributed by atoms with van der Waals surface area (Å²) in [6, 6.07) is 4.32. The van der Waals surface area contributed by atoms with Crippen molar-refractivity contribution in [2.45, 2.75) is 18.8 Å². The first-order chi connectivity index (χ1) is 13.5. The van der Waals surface area contributed by atoms with E-state index in [0.29, 0.717) is 30.7 Å². The van der Waals surface area contributed by atoms with Crippen LogP contribution in [0.25, 0.3) is 0 Å². The first kappa shape index (κ1) is 24.3. The fourth-order valence-corrected chi connectivity index (χ4v) is 4.48. The van der Waals surface area contributed by atoms with E-state index in [0.717, 1.165) is 29.8 Å². The maximum Gasteiger partial charge on any atom is 0.434 e. The standard InChI is InChI=1S/C17H22F3N5OS2.HI/c1-21-16(23-10-15-24-14(11-28-15)17(18,19)20)22-9-12(13-3-2-8-27-13)25-4-6-26-7-5-25;/h2-3,8,11-12H,4-7,9-10H2,1H3,(H2,21,22,23);1H. The van der Waals surface area contributed by atoms with Crippen molar-refractivity contribution in [3.63, 3.8) is 0 Å². The van der Waals surface area contributed by atoms with Gasteiger partial charge in [0.15, 0.2) is 11.7 Å². The Balaban J connectivity index is 0.00000300. The van der Waals surface area contributed by atoms with Gasteiger partial charge >= 0.3 is 6.18 Å². The summed E-state index contributed by atoms with van der Waals surface area (Å²) in [5.74, 6) is 0.526. The lowest BCUT2D eigenvalue weighted by atomic mass is 10.2. The number of thiophene rings is 1. The molecule has 1 unspecified atom stereocenters. The highest BCUT2D eigenvalue weighted by Crippen LogP contribution is 2.30. The number of thiazole rings is 1. The Bertz CT molecular complexity index is 763. The van der Waals surface area contributed by atoms with Gasteiger partial charge in [-0.3, -0.25) is 9.89 Å². The minimum absolute atomic E-state index is 0. The van der Waals surface area contributed by atoms with Gasteiger partial charge in [-0.15, -0.1) is 46.7 Å². The Kier molecular flexibility index (Phi) is 9.59. The van der Waals surface area contributed by atoms with Crippen LogP contribution in [0.5, 0.6) is 0 Å². The molecule has 1 aliphatic heterocycles. The van der Waals surface area contributed by atoms with Crippen molar-refractivity contribution in [1.29, 1.82) is 0 Å². The van der Waals surface area contributed by atoms with Crippen molar-refractivity contribution in [1.82, 2.24) is 20.5 Å². The number of aromatic nitrogens is 1. The van der Waals surface area contributed by atoms with Gasteiger partial charge in [-0.2, -0.15) is 13.2 Å². The molecule has 12 heteroatoms. The highest BCUT2D eigenvalue weighted by Gasteiger charge is 2.33. The summed E-state index contributed by atoms with van der Waals surface area (Å²) in [6.45, 7) is 3.94. The van der Waals surface area contributed by atoms with Crippen LogP contribution in [-0.2, 0) is 17.5 Å². The monoisotopic (exact) mass is 561 g/mol. The number of hydrogen-bond donors (Lipinski definition) is 2. The Labute approximate surface area is 192 Å². The fourth-order valence-electron chi connectivity index (χ4n) is 2.88. The quantitative estimate of drug-likeness (QED) is 0.321. The number of nitrogens with zero attached hydrogens (tertiary/aromatic N) is 3. The van der Waals surface area contributed by atoms with Crippen LogP contribution < -0.4 is 10.6 Å². The molecule has 1 atom stereocenters. The molecule has 0 aliphatic carbocycles. The van der Waals surface area contributed by atoms with Gasteiger partial charge in [-0.1, -0.05) is 6.07 Å². The third kappa shape index (κ3) is 7.05. The van der Waals surface area contributed by atoms with Gasteiger partial charge in [-0.25, -0.2) is 4.98 Å². The zero-order valence-corrected chi connectivity index (χ0v) is 19.7. The molecule has 2 N–H and O–H groups in total. The maximum atomic E-state index is 12.7. The van der Waals surface area contributed by atoms with E-state index < -0.39 is 11.9 Å². The van der Waals surface area contributed by atoms with E-state index in [2.05, 4.69) is 37.0 Å². The summed E-state index contributed by atoms with van der Waals surface area (Å²) in [5.41, 5.74) is -0.859. The average molecular weight is 561 g/mol. The predicted octanol–water partition coefficient (Wildman–Crippen LogP) is 3.58. The number of ether oxygens (including phenoxy) is 1. The van der Waals surface area contributed by atoms with Crippen molar-refractivity contribution in [2.24, 2.45) is 4.99 Å². The van der Waals surface area contributed by atoms with Crippen LogP contribution in [0.15, 0.2) is 27.9 Å². The van der Waals surface area contributed by atoms with Crippen molar-refractivity contribution in [3.8, 4) is 0 Å². The predicted molar refractivity (Wildman–Crippen MR) is 120 cm³/mol. The molecular weight excluding hydrogens is 538 g/mol.